The zero-order chi connectivity index (χ0) is 18.4. The van der Waals surface area contributed by atoms with Crippen LogP contribution in [0.4, 0.5) is 11.4 Å². The fourth-order valence-corrected chi connectivity index (χ4v) is 4.77. The normalized spacial score (nSPS) is 19.9. The zero-order valence-corrected chi connectivity index (χ0v) is 15.5. The third kappa shape index (κ3) is 2.85. The van der Waals surface area contributed by atoms with Crippen molar-refractivity contribution in [3.05, 3.63) is 65.4 Å². The average Bonchev–Trinajstić information content (AvgIpc) is 3.28. The number of hydrogen-bond acceptors (Lipinski definition) is 3. The molecule has 4 heteroatoms. The number of nitrogens with zero attached hydrogens (tertiary/aromatic N) is 1. The third-order valence-electron chi connectivity index (χ3n) is 5.91. The maximum atomic E-state index is 11.5. The molecule has 2 aliphatic rings. The Morgan fingerprint density at radius 3 is 2.74 bits per heavy atom. The van der Waals surface area contributed by atoms with Gasteiger partial charge in [0.15, 0.2) is 0 Å². The molecule has 2 bridgehead atoms. The molecule has 1 saturated carbocycles. The van der Waals surface area contributed by atoms with Gasteiger partial charge in [0.2, 0.25) is 5.91 Å². The smallest absolute Gasteiger partial charge is 0.221 e. The van der Waals surface area contributed by atoms with Crippen molar-refractivity contribution in [2.24, 2.45) is 0 Å². The van der Waals surface area contributed by atoms with E-state index >= 15 is 0 Å². The summed E-state index contributed by atoms with van der Waals surface area (Å²) in [5.41, 5.74) is 7.00. The van der Waals surface area contributed by atoms with E-state index in [1.165, 1.54) is 41.8 Å². The summed E-state index contributed by atoms with van der Waals surface area (Å²) in [7, 11) is 0. The van der Waals surface area contributed by atoms with E-state index in [0.717, 1.165) is 23.1 Å². The maximum Gasteiger partial charge on any atom is 0.221 e. The quantitative estimate of drug-likeness (QED) is 0.677. The number of rotatable bonds is 4. The Hall–Kier alpha value is -2.88. The maximum absolute atomic E-state index is 11.5. The summed E-state index contributed by atoms with van der Waals surface area (Å²) >= 11 is 0. The molecule has 4 nitrogen and oxygen atoms in total. The second-order valence-corrected chi connectivity index (χ2v) is 7.74. The van der Waals surface area contributed by atoms with Gasteiger partial charge in [0.1, 0.15) is 0 Å². The van der Waals surface area contributed by atoms with Crippen LogP contribution in [0.15, 0.2) is 48.5 Å². The van der Waals surface area contributed by atoms with E-state index in [1.807, 2.05) is 18.2 Å². The third-order valence-corrected chi connectivity index (χ3v) is 5.91. The largest absolute Gasteiger partial charge is 0.380 e. The SMILES string of the molecule is CC(=O)Nc1ccc2nc3c(c(NCc4ccccc4)c2c1)C1CCC3C1. The summed E-state index contributed by atoms with van der Waals surface area (Å²) in [6.07, 6.45) is 3.76. The van der Waals surface area contributed by atoms with Crippen LogP contribution in [0, 0.1) is 0 Å². The lowest BCUT2D eigenvalue weighted by Gasteiger charge is -2.22. The molecule has 0 spiro atoms. The molecule has 1 heterocycles. The van der Waals surface area contributed by atoms with Gasteiger partial charge in [-0.1, -0.05) is 30.3 Å². The van der Waals surface area contributed by atoms with Crippen molar-refractivity contribution < 1.29 is 4.79 Å². The Morgan fingerprint density at radius 1 is 1.11 bits per heavy atom. The number of benzene rings is 2. The van der Waals surface area contributed by atoms with Crippen molar-refractivity contribution >= 4 is 28.2 Å². The Bertz CT molecular complexity index is 1030. The topological polar surface area (TPSA) is 54.0 Å². The lowest BCUT2D eigenvalue weighted by molar-refractivity contribution is -0.114. The number of fused-ring (bicyclic) bond motifs is 6. The number of aromatic nitrogens is 1. The molecule has 2 aromatic carbocycles. The van der Waals surface area contributed by atoms with Crippen molar-refractivity contribution in [1.29, 1.82) is 0 Å². The number of hydrogen-bond donors (Lipinski definition) is 2. The highest BCUT2D eigenvalue weighted by molar-refractivity contribution is 5.99. The number of pyridine rings is 1. The Labute approximate surface area is 159 Å². The van der Waals surface area contributed by atoms with Crippen molar-refractivity contribution in [2.75, 3.05) is 10.6 Å². The van der Waals surface area contributed by atoms with Crippen LogP contribution in [0.25, 0.3) is 10.9 Å². The van der Waals surface area contributed by atoms with Gasteiger partial charge in [-0.15, -0.1) is 0 Å². The Kier molecular flexibility index (Phi) is 3.85. The molecule has 2 aliphatic carbocycles. The highest BCUT2D eigenvalue weighted by atomic mass is 16.1. The molecular weight excluding hydrogens is 334 g/mol. The highest BCUT2D eigenvalue weighted by Gasteiger charge is 2.40. The average molecular weight is 357 g/mol. The van der Waals surface area contributed by atoms with Crippen LogP contribution in [0.2, 0.25) is 0 Å². The first-order valence-electron chi connectivity index (χ1n) is 9.72. The van der Waals surface area contributed by atoms with Crippen molar-refractivity contribution in [1.82, 2.24) is 4.98 Å². The fraction of sp³-hybridized carbons (Fsp3) is 0.304. The van der Waals surface area contributed by atoms with Gasteiger partial charge >= 0.3 is 0 Å². The van der Waals surface area contributed by atoms with Crippen LogP contribution in [-0.2, 0) is 11.3 Å². The lowest BCUT2D eigenvalue weighted by atomic mass is 9.92. The van der Waals surface area contributed by atoms with Crippen LogP contribution in [0.1, 0.15) is 54.8 Å². The minimum atomic E-state index is -0.0543. The van der Waals surface area contributed by atoms with Gasteiger partial charge in [-0.2, -0.15) is 0 Å². The number of nitrogens with one attached hydrogen (secondary N) is 2. The first-order valence-corrected chi connectivity index (χ1v) is 9.72. The van der Waals surface area contributed by atoms with Crippen molar-refractivity contribution in [3.8, 4) is 0 Å². The van der Waals surface area contributed by atoms with E-state index < -0.39 is 0 Å². The van der Waals surface area contributed by atoms with E-state index in [4.69, 9.17) is 4.98 Å². The summed E-state index contributed by atoms with van der Waals surface area (Å²) in [6.45, 7) is 2.33. The second kappa shape index (κ2) is 6.38. The molecular formula is C23H23N3O. The van der Waals surface area contributed by atoms with Gasteiger partial charge < -0.3 is 10.6 Å². The number of carbonyl (C=O) groups excluding carboxylic acids is 1. The molecule has 0 saturated heterocycles. The van der Waals surface area contributed by atoms with Crippen LogP contribution in [0.5, 0.6) is 0 Å². The van der Waals surface area contributed by atoms with Crippen LogP contribution >= 0.6 is 0 Å². The first-order chi connectivity index (χ1) is 13.2. The summed E-state index contributed by atoms with van der Waals surface area (Å²) in [5, 5.41) is 7.72. The molecule has 2 unspecified atom stereocenters. The van der Waals surface area contributed by atoms with Gasteiger partial charge in [0.25, 0.3) is 0 Å². The van der Waals surface area contributed by atoms with E-state index in [9.17, 15) is 4.79 Å². The molecule has 0 aliphatic heterocycles. The Morgan fingerprint density at radius 2 is 1.93 bits per heavy atom. The standard InChI is InChI=1S/C23H23N3O/c1-14(27)25-18-9-10-20-19(12-18)23(24-13-15-5-3-2-4-6-15)21-16-7-8-17(11-16)22(21)26-20/h2-6,9-10,12,16-17H,7-8,11,13H2,1H3,(H,24,26)(H,25,27). The molecule has 2 atom stereocenters. The number of amides is 1. The molecule has 1 amide bonds. The molecule has 1 aromatic heterocycles. The molecule has 2 N–H and O–H groups in total. The monoisotopic (exact) mass is 357 g/mol. The summed E-state index contributed by atoms with van der Waals surface area (Å²) in [5.74, 6) is 1.17. The van der Waals surface area contributed by atoms with Crippen LogP contribution in [0.3, 0.4) is 0 Å². The molecule has 27 heavy (non-hydrogen) atoms. The van der Waals surface area contributed by atoms with Crippen LogP contribution < -0.4 is 10.6 Å². The fourth-order valence-electron chi connectivity index (χ4n) is 4.77. The molecule has 3 aromatic rings. The number of anilines is 2. The van der Waals surface area contributed by atoms with E-state index in [2.05, 4.69) is 41.0 Å². The van der Waals surface area contributed by atoms with Crippen molar-refractivity contribution in [2.45, 2.75) is 44.6 Å². The number of carbonyl (C=O) groups is 1. The predicted octanol–water partition coefficient (Wildman–Crippen LogP) is 5.17. The summed E-state index contributed by atoms with van der Waals surface area (Å²) in [6, 6.07) is 16.5. The van der Waals surface area contributed by atoms with E-state index in [0.29, 0.717) is 11.8 Å². The molecule has 0 radical (unpaired) electrons. The summed E-state index contributed by atoms with van der Waals surface area (Å²) in [4.78, 5) is 16.5. The second-order valence-electron chi connectivity index (χ2n) is 7.74. The van der Waals surface area contributed by atoms with Gasteiger partial charge in [0.05, 0.1) is 5.52 Å². The first kappa shape index (κ1) is 16.3. The van der Waals surface area contributed by atoms with Crippen LogP contribution in [-0.4, -0.2) is 10.9 Å². The van der Waals surface area contributed by atoms with E-state index in [-0.39, 0.29) is 5.91 Å². The summed E-state index contributed by atoms with van der Waals surface area (Å²) < 4.78 is 0. The zero-order valence-electron chi connectivity index (χ0n) is 15.5. The van der Waals surface area contributed by atoms with Gasteiger partial charge in [-0.3, -0.25) is 9.78 Å². The molecule has 1 fully saturated rings. The van der Waals surface area contributed by atoms with Gasteiger partial charge in [-0.05, 0) is 48.9 Å². The predicted molar refractivity (Wildman–Crippen MR) is 109 cm³/mol. The minimum Gasteiger partial charge on any atom is -0.380 e. The molecule has 5 rings (SSSR count). The molecule has 136 valence electrons. The Balaban J connectivity index is 1.62. The van der Waals surface area contributed by atoms with Crippen molar-refractivity contribution in [3.63, 3.8) is 0 Å². The minimum absolute atomic E-state index is 0.0543. The lowest BCUT2D eigenvalue weighted by Crippen LogP contribution is -2.10. The highest BCUT2D eigenvalue weighted by Crippen LogP contribution is 2.55. The van der Waals surface area contributed by atoms with Gasteiger partial charge in [0, 0.05) is 47.4 Å². The van der Waals surface area contributed by atoms with E-state index in [1.54, 1.807) is 6.92 Å². The van der Waals surface area contributed by atoms with Gasteiger partial charge in [-0.25, -0.2) is 0 Å².